The van der Waals surface area contributed by atoms with E-state index in [1.807, 2.05) is 62.1 Å². The highest BCUT2D eigenvalue weighted by molar-refractivity contribution is 8.04. The summed E-state index contributed by atoms with van der Waals surface area (Å²) in [4.78, 5) is 30.1. The highest BCUT2D eigenvalue weighted by atomic mass is 32.2. The van der Waals surface area contributed by atoms with Crippen LogP contribution in [-0.4, -0.2) is 43.6 Å². The van der Waals surface area contributed by atoms with Crippen LogP contribution in [0.25, 0.3) is 16.6 Å². The lowest BCUT2D eigenvalue weighted by Gasteiger charge is -2.36. The highest BCUT2D eigenvalue weighted by Crippen LogP contribution is 2.47. The molecule has 7 nitrogen and oxygen atoms in total. The minimum Gasteiger partial charge on any atom is -0.477 e. The van der Waals surface area contributed by atoms with E-state index in [1.165, 1.54) is 23.9 Å². The van der Waals surface area contributed by atoms with Gasteiger partial charge in [0.2, 0.25) is 5.91 Å². The van der Waals surface area contributed by atoms with E-state index in [1.54, 1.807) is 23.0 Å². The summed E-state index contributed by atoms with van der Waals surface area (Å²) < 4.78 is 15.2. The highest BCUT2D eigenvalue weighted by Gasteiger charge is 2.51. The number of halogens is 1. The van der Waals surface area contributed by atoms with Crippen LogP contribution in [-0.2, 0) is 9.59 Å². The molecule has 39 heavy (non-hydrogen) atoms. The van der Waals surface area contributed by atoms with Gasteiger partial charge in [-0.1, -0.05) is 48.5 Å². The van der Waals surface area contributed by atoms with E-state index in [0.717, 1.165) is 33.4 Å². The van der Waals surface area contributed by atoms with Crippen molar-refractivity contribution in [1.29, 1.82) is 0 Å². The van der Waals surface area contributed by atoms with E-state index in [4.69, 9.17) is 0 Å². The summed E-state index contributed by atoms with van der Waals surface area (Å²) in [5.74, 6) is -1.15. The van der Waals surface area contributed by atoms with E-state index >= 15 is 0 Å². The number of anilines is 1. The van der Waals surface area contributed by atoms with Gasteiger partial charge in [0, 0.05) is 16.8 Å². The molecule has 3 unspecified atom stereocenters. The van der Waals surface area contributed by atoms with Gasteiger partial charge in [0.1, 0.15) is 10.7 Å². The van der Waals surface area contributed by atoms with Crippen LogP contribution >= 0.6 is 11.8 Å². The van der Waals surface area contributed by atoms with Crippen molar-refractivity contribution in [3.8, 4) is 5.69 Å². The molecule has 2 aliphatic rings. The lowest BCUT2D eigenvalue weighted by Crippen LogP contribution is -2.40. The Morgan fingerprint density at radius 2 is 1.79 bits per heavy atom. The Kier molecular flexibility index (Phi) is 6.18. The van der Waals surface area contributed by atoms with E-state index in [-0.39, 0.29) is 29.7 Å². The Morgan fingerprint density at radius 3 is 2.49 bits per heavy atom. The second-order valence-electron chi connectivity index (χ2n) is 10.1. The zero-order valence-electron chi connectivity index (χ0n) is 21.7. The van der Waals surface area contributed by atoms with Gasteiger partial charge in [0.25, 0.3) is 0 Å². The maximum atomic E-state index is 14.0. The first-order valence-electron chi connectivity index (χ1n) is 12.7. The number of allylic oxidation sites excluding steroid dienone is 1. The number of fused-ring (bicyclic) bond motifs is 1. The van der Waals surface area contributed by atoms with Crippen LogP contribution in [0.2, 0.25) is 0 Å². The Balaban J connectivity index is 1.46. The predicted molar refractivity (Wildman–Crippen MR) is 150 cm³/mol. The molecular weight excluding hydrogens is 515 g/mol. The number of aliphatic carboxylic acids is 1. The van der Waals surface area contributed by atoms with Crippen molar-refractivity contribution in [2.45, 2.75) is 32.9 Å². The molecule has 0 bridgehead atoms. The zero-order chi connectivity index (χ0) is 27.4. The zero-order valence-corrected chi connectivity index (χ0v) is 22.5. The molecule has 1 saturated heterocycles. The number of thioether (sulfide) groups is 1. The lowest BCUT2D eigenvalue weighted by atomic mass is 9.92. The third kappa shape index (κ3) is 4.17. The van der Waals surface area contributed by atoms with Crippen molar-refractivity contribution >= 4 is 40.2 Å². The Bertz CT molecular complexity index is 1650. The third-order valence-corrected chi connectivity index (χ3v) is 8.85. The standard InChI is InChI=1S/C30H27FN4O3S/c1-17-5-4-6-20(13-17)27-26(33-16-39-28(19(33)3)30(37)38)18(2)29(36)34(27)24-11-12-25-21(14-24)15-32-35(25)23-9-7-22(31)8-10-23/h4-15,18,26-27H,16H2,1-3H3,(H,37,38). The molecule has 198 valence electrons. The molecule has 6 rings (SSSR count). The average molecular weight is 543 g/mol. The Hall–Kier alpha value is -4.11. The van der Waals surface area contributed by atoms with Gasteiger partial charge in [-0.05, 0) is 61.9 Å². The van der Waals surface area contributed by atoms with Crippen LogP contribution in [0, 0.1) is 18.7 Å². The van der Waals surface area contributed by atoms with Crippen molar-refractivity contribution in [1.82, 2.24) is 14.7 Å². The summed E-state index contributed by atoms with van der Waals surface area (Å²) in [6.07, 6.45) is 1.74. The van der Waals surface area contributed by atoms with Gasteiger partial charge < -0.3 is 14.9 Å². The van der Waals surface area contributed by atoms with E-state index < -0.39 is 5.97 Å². The maximum absolute atomic E-state index is 14.0. The lowest BCUT2D eigenvalue weighted by molar-refractivity contribution is -0.131. The summed E-state index contributed by atoms with van der Waals surface area (Å²) >= 11 is 1.30. The Labute approximate surface area is 229 Å². The second kappa shape index (κ2) is 9.57. The van der Waals surface area contributed by atoms with Gasteiger partial charge in [-0.25, -0.2) is 13.9 Å². The van der Waals surface area contributed by atoms with Crippen LogP contribution in [0.15, 0.2) is 83.5 Å². The van der Waals surface area contributed by atoms with Crippen LogP contribution in [0.4, 0.5) is 10.1 Å². The summed E-state index contributed by atoms with van der Waals surface area (Å²) in [5.41, 5.74) is 5.11. The van der Waals surface area contributed by atoms with E-state index in [0.29, 0.717) is 16.5 Å². The first kappa shape index (κ1) is 25.2. The van der Waals surface area contributed by atoms with Crippen LogP contribution in [0.1, 0.15) is 31.0 Å². The molecule has 0 saturated carbocycles. The van der Waals surface area contributed by atoms with Gasteiger partial charge in [-0.3, -0.25) is 4.79 Å². The number of aromatic nitrogens is 2. The minimum absolute atomic E-state index is 0.0154. The molecule has 1 aromatic heterocycles. The SMILES string of the molecule is CC1=C(C(=O)O)SCN1C1C(C)C(=O)N(c2ccc3c(cnn3-c3ccc(F)cc3)c2)C1c1cccc(C)c1. The smallest absolute Gasteiger partial charge is 0.344 e. The molecule has 4 aromatic rings. The molecule has 1 N–H and O–H groups in total. The Morgan fingerprint density at radius 1 is 1.05 bits per heavy atom. The molecule has 3 heterocycles. The molecule has 0 spiro atoms. The normalized spacial score (nSPS) is 21.4. The first-order chi connectivity index (χ1) is 18.7. The number of rotatable bonds is 5. The second-order valence-corrected chi connectivity index (χ2v) is 11.0. The topological polar surface area (TPSA) is 78.7 Å². The molecular formula is C30H27FN4O3S. The number of carbonyl (C=O) groups excluding carboxylic acids is 1. The fourth-order valence-electron chi connectivity index (χ4n) is 5.81. The number of hydrogen-bond donors (Lipinski definition) is 1. The van der Waals surface area contributed by atoms with Gasteiger partial charge in [-0.2, -0.15) is 5.10 Å². The number of amides is 1. The maximum Gasteiger partial charge on any atom is 0.344 e. The summed E-state index contributed by atoms with van der Waals surface area (Å²) in [7, 11) is 0. The molecule has 1 fully saturated rings. The van der Waals surface area contributed by atoms with Crippen molar-refractivity contribution in [3.05, 3.63) is 100 Å². The molecule has 0 aliphatic carbocycles. The number of hydrogen-bond acceptors (Lipinski definition) is 5. The number of aryl methyl sites for hydroxylation is 1. The molecule has 2 aliphatic heterocycles. The van der Waals surface area contributed by atoms with Crippen molar-refractivity contribution in [3.63, 3.8) is 0 Å². The number of carboxylic acids is 1. The summed E-state index contributed by atoms with van der Waals surface area (Å²) in [5, 5.41) is 15.1. The number of nitrogens with zero attached hydrogens (tertiary/aromatic N) is 4. The van der Waals surface area contributed by atoms with Crippen molar-refractivity contribution in [2.75, 3.05) is 10.8 Å². The fourth-order valence-corrected chi connectivity index (χ4v) is 6.89. The van der Waals surface area contributed by atoms with Gasteiger partial charge in [0.05, 0.1) is 41.3 Å². The van der Waals surface area contributed by atoms with Crippen molar-refractivity contribution in [2.24, 2.45) is 5.92 Å². The van der Waals surface area contributed by atoms with E-state index in [9.17, 15) is 19.1 Å². The van der Waals surface area contributed by atoms with Crippen LogP contribution in [0.5, 0.6) is 0 Å². The first-order valence-corrected chi connectivity index (χ1v) is 13.7. The summed E-state index contributed by atoms with van der Waals surface area (Å²) in [6, 6.07) is 19.5. The number of benzene rings is 3. The number of carboxylic acid groups (broad SMARTS) is 1. The molecule has 3 atom stereocenters. The average Bonchev–Trinajstić information content (AvgIpc) is 3.58. The molecule has 9 heteroatoms. The van der Waals surface area contributed by atoms with Crippen molar-refractivity contribution < 1.29 is 19.1 Å². The molecule has 1 amide bonds. The van der Waals surface area contributed by atoms with E-state index in [2.05, 4.69) is 16.1 Å². The summed E-state index contributed by atoms with van der Waals surface area (Å²) in [6.45, 7) is 5.78. The molecule has 3 aromatic carbocycles. The van der Waals surface area contributed by atoms with Gasteiger partial charge in [-0.15, -0.1) is 0 Å². The quantitative estimate of drug-likeness (QED) is 0.339. The largest absolute Gasteiger partial charge is 0.477 e. The predicted octanol–water partition coefficient (Wildman–Crippen LogP) is 5.89. The molecule has 0 radical (unpaired) electrons. The minimum atomic E-state index is -0.940. The van der Waals surface area contributed by atoms with Crippen LogP contribution in [0.3, 0.4) is 0 Å². The fraction of sp³-hybridized carbons (Fsp3) is 0.233. The van der Waals surface area contributed by atoms with Crippen LogP contribution < -0.4 is 4.90 Å². The van der Waals surface area contributed by atoms with Gasteiger partial charge >= 0.3 is 5.97 Å². The number of carbonyl (C=O) groups is 2. The van der Waals surface area contributed by atoms with Gasteiger partial charge in [0.15, 0.2) is 0 Å². The third-order valence-electron chi connectivity index (χ3n) is 7.69. The monoisotopic (exact) mass is 542 g/mol.